The Morgan fingerprint density at radius 2 is 1.38 bits per heavy atom. The van der Waals surface area contributed by atoms with E-state index in [0.29, 0.717) is 5.56 Å². The standard InChI is InChI=1S/C27H30O15/c28-8-17-20(33)21(34)23(36)27(40-17)42-25-18(9-29)41-26(24(37)22(25)35)38-12-5-13(31)19-14(32)7-15(39-16(19)6-12)10-1-3-11(30)4-2-10/h1-7,17-18,20-31,33-37H,8-9H2/t17-,18+,20-,21+,22+,23+,24+,25?,26?,27?/m0/s1. The van der Waals surface area contributed by atoms with Gasteiger partial charge in [-0.3, -0.25) is 4.79 Å². The van der Waals surface area contributed by atoms with Gasteiger partial charge in [0.2, 0.25) is 6.29 Å². The largest absolute Gasteiger partial charge is 0.508 e. The molecule has 2 aromatic carbocycles. The average molecular weight is 595 g/mol. The SMILES string of the molecule is O=c1cc(-c2ccc(O)cc2)oc2cc(OC3O[C@H](CO)C(OC4O[C@@H](CO)[C@H](O)[C@@H](O)[C@H]4O)[C@H](O)[C@H]3O)cc(O)c12. The van der Waals surface area contributed by atoms with E-state index in [2.05, 4.69) is 0 Å². The Kier molecular flexibility index (Phi) is 8.68. The Hall–Kier alpha value is -3.35. The zero-order valence-corrected chi connectivity index (χ0v) is 21.7. The molecule has 0 bridgehead atoms. The first-order valence-corrected chi connectivity index (χ1v) is 12.9. The molecule has 3 heterocycles. The number of hydrogen-bond acceptors (Lipinski definition) is 15. The maximum atomic E-state index is 12.7. The van der Waals surface area contributed by atoms with E-state index in [1.807, 2.05) is 0 Å². The topological polar surface area (TPSA) is 249 Å². The lowest BCUT2D eigenvalue weighted by atomic mass is 9.97. The predicted molar refractivity (Wildman–Crippen MR) is 138 cm³/mol. The summed E-state index contributed by atoms with van der Waals surface area (Å²) in [5.41, 5.74) is -0.196. The summed E-state index contributed by atoms with van der Waals surface area (Å²) in [5, 5.41) is 91.0. The number of aliphatic hydroxyl groups excluding tert-OH is 7. The lowest BCUT2D eigenvalue weighted by Gasteiger charge is -2.45. The number of phenols is 2. The van der Waals surface area contributed by atoms with Crippen LogP contribution in [0.2, 0.25) is 0 Å². The molecule has 15 heteroatoms. The Morgan fingerprint density at radius 3 is 2.05 bits per heavy atom. The molecule has 3 aromatic rings. The molecule has 2 aliphatic rings. The van der Waals surface area contributed by atoms with Crippen LogP contribution in [0.25, 0.3) is 22.3 Å². The van der Waals surface area contributed by atoms with E-state index in [1.54, 1.807) is 0 Å². The van der Waals surface area contributed by atoms with E-state index in [-0.39, 0.29) is 28.2 Å². The van der Waals surface area contributed by atoms with Gasteiger partial charge in [-0.15, -0.1) is 0 Å². The number of phenolic OH excluding ortho intramolecular Hbond substituents is 2. The Morgan fingerprint density at radius 1 is 0.738 bits per heavy atom. The third-order valence-corrected chi connectivity index (χ3v) is 7.15. The summed E-state index contributed by atoms with van der Waals surface area (Å²) < 4.78 is 27.8. The first kappa shape index (κ1) is 30.1. The van der Waals surface area contributed by atoms with Crippen LogP contribution in [0.3, 0.4) is 0 Å². The Labute approximate surface area is 236 Å². The molecule has 0 radical (unpaired) electrons. The lowest BCUT2D eigenvalue weighted by Crippen LogP contribution is -2.65. The van der Waals surface area contributed by atoms with Crippen LogP contribution >= 0.6 is 0 Å². The molecule has 10 atom stereocenters. The number of hydrogen-bond donors (Lipinski definition) is 9. The average Bonchev–Trinajstić information content (AvgIpc) is 2.96. The van der Waals surface area contributed by atoms with Crippen LogP contribution in [0, 0.1) is 0 Å². The van der Waals surface area contributed by atoms with E-state index >= 15 is 0 Å². The molecule has 0 spiro atoms. The summed E-state index contributed by atoms with van der Waals surface area (Å²) in [4.78, 5) is 12.7. The lowest BCUT2D eigenvalue weighted by molar-refractivity contribution is -0.352. The fourth-order valence-electron chi connectivity index (χ4n) is 4.87. The summed E-state index contributed by atoms with van der Waals surface area (Å²) in [6.07, 6.45) is -16.5. The van der Waals surface area contributed by atoms with E-state index in [1.165, 1.54) is 36.4 Å². The smallest absolute Gasteiger partial charge is 0.229 e. The Balaban J connectivity index is 1.37. The van der Waals surface area contributed by atoms with Crippen molar-refractivity contribution in [1.29, 1.82) is 0 Å². The number of benzene rings is 2. The second-order valence-corrected chi connectivity index (χ2v) is 9.96. The van der Waals surface area contributed by atoms with Gasteiger partial charge in [0.15, 0.2) is 11.7 Å². The van der Waals surface area contributed by atoms with Crippen molar-refractivity contribution >= 4 is 11.0 Å². The van der Waals surface area contributed by atoms with E-state index in [4.69, 9.17) is 23.4 Å². The molecule has 42 heavy (non-hydrogen) atoms. The molecule has 2 aliphatic heterocycles. The third kappa shape index (κ3) is 5.67. The minimum atomic E-state index is -1.84. The molecule has 15 nitrogen and oxygen atoms in total. The van der Waals surface area contributed by atoms with Gasteiger partial charge in [-0.1, -0.05) is 0 Å². The van der Waals surface area contributed by atoms with Crippen LogP contribution in [-0.2, 0) is 14.2 Å². The van der Waals surface area contributed by atoms with Crippen molar-refractivity contribution in [2.75, 3.05) is 13.2 Å². The van der Waals surface area contributed by atoms with Gasteiger partial charge in [0.25, 0.3) is 0 Å². The normalized spacial score (nSPS) is 33.5. The zero-order valence-electron chi connectivity index (χ0n) is 21.7. The fraction of sp³-hybridized carbons (Fsp3) is 0.444. The Bertz CT molecular complexity index is 1440. The first-order valence-electron chi connectivity index (χ1n) is 12.9. The van der Waals surface area contributed by atoms with Crippen molar-refractivity contribution in [2.24, 2.45) is 0 Å². The number of ether oxygens (including phenoxy) is 4. The quantitative estimate of drug-likeness (QED) is 0.142. The van der Waals surface area contributed by atoms with Crippen molar-refractivity contribution in [1.82, 2.24) is 0 Å². The monoisotopic (exact) mass is 594 g/mol. The fourth-order valence-corrected chi connectivity index (χ4v) is 4.87. The summed E-state index contributed by atoms with van der Waals surface area (Å²) in [6.45, 7) is -1.51. The van der Waals surface area contributed by atoms with Crippen molar-refractivity contribution in [2.45, 2.75) is 61.4 Å². The van der Waals surface area contributed by atoms with Crippen LogP contribution in [0.15, 0.2) is 51.7 Å². The molecule has 0 saturated carbocycles. The molecule has 2 fully saturated rings. The molecule has 9 N–H and O–H groups in total. The molecule has 0 amide bonds. The number of aliphatic hydroxyl groups is 7. The van der Waals surface area contributed by atoms with Crippen molar-refractivity contribution in [3.05, 3.63) is 52.7 Å². The van der Waals surface area contributed by atoms with Gasteiger partial charge in [-0.25, -0.2) is 0 Å². The van der Waals surface area contributed by atoms with Crippen LogP contribution in [0.4, 0.5) is 0 Å². The maximum absolute atomic E-state index is 12.7. The van der Waals surface area contributed by atoms with Gasteiger partial charge in [0.05, 0.1) is 13.2 Å². The van der Waals surface area contributed by atoms with Gasteiger partial charge in [-0.05, 0) is 24.3 Å². The van der Waals surface area contributed by atoms with Gasteiger partial charge in [0.1, 0.15) is 82.8 Å². The summed E-state index contributed by atoms with van der Waals surface area (Å²) in [7, 11) is 0. The molecule has 0 aliphatic carbocycles. The van der Waals surface area contributed by atoms with Crippen LogP contribution in [0.5, 0.6) is 17.2 Å². The minimum absolute atomic E-state index is 0.00505. The molecule has 1 aromatic heterocycles. The zero-order chi connectivity index (χ0) is 30.3. The van der Waals surface area contributed by atoms with Gasteiger partial charge in [0, 0.05) is 23.8 Å². The minimum Gasteiger partial charge on any atom is -0.508 e. The highest BCUT2D eigenvalue weighted by molar-refractivity contribution is 5.86. The van der Waals surface area contributed by atoms with E-state index in [9.17, 15) is 50.8 Å². The molecular formula is C27H30O15. The second kappa shape index (κ2) is 12.1. The molecule has 2 saturated heterocycles. The maximum Gasteiger partial charge on any atom is 0.229 e. The summed E-state index contributed by atoms with van der Waals surface area (Å²) in [5.74, 6) is -0.526. The van der Waals surface area contributed by atoms with Crippen molar-refractivity contribution in [3.63, 3.8) is 0 Å². The van der Waals surface area contributed by atoms with Crippen molar-refractivity contribution in [3.8, 4) is 28.6 Å². The van der Waals surface area contributed by atoms with Crippen molar-refractivity contribution < 1.29 is 69.3 Å². The highest BCUT2D eigenvalue weighted by Gasteiger charge is 2.51. The molecule has 5 rings (SSSR count). The summed E-state index contributed by atoms with van der Waals surface area (Å²) in [6, 6.07) is 9.31. The molecule has 3 unspecified atom stereocenters. The molecular weight excluding hydrogens is 564 g/mol. The highest BCUT2D eigenvalue weighted by atomic mass is 16.7. The third-order valence-electron chi connectivity index (χ3n) is 7.15. The van der Waals surface area contributed by atoms with Crippen LogP contribution < -0.4 is 10.2 Å². The van der Waals surface area contributed by atoms with E-state index < -0.39 is 85.8 Å². The molecule has 228 valence electrons. The number of fused-ring (bicyclic) bond motifs is 1. The van der Waals surface area contributed by atoms with Gasteiger partial charge >= 0.3 is 0 Å². The highest BCUT2D eigenvalue weighted by Crippen LogP contribution is 2.34. The second-order valence-electron chi connectivity index (χ2n) is 9.96. The van der Waals surface area contributed by atoms with Gasteiger partial charge in [-0.2, -0.15) is 0 Å². The number of rotatable bonds is 7. The predicted octanol–water partition coefficient (Wildman–Crippen LogP) is -2.13. The number of aromatic hydroxyl groups is 2. The van der Waals surface area contributed by atoms with Gasteiger partial charge < -0.3 is 69.3 Å². The van der Waals surface area contributed by atoms with Crippen LogP contribution in [0.1, 0.15) is 0 Å². The van der Waals surface area contributed by atoms with Crippen LogP contribution in [-0.4, -0.2) is 121 Å². The summed E-state index contributed by atoms with van der Waals surface area (Å²) >= 11 is 0. The van der Waals surface area contributed by atoms with E-state index in [0.717, 1.165) is 6.07 Å². The first-order chi connectivity index (χ1) is 20.0.